The maximum atomic E-state index is 12.6. The molecule has 0 unspecified atom stereocenters. The number of fused-ring (bicyclic) bond motifs is 1. The van der Waals surface area contributed by atoms with Crippen LogP contribution in [0.4, 0.5) is 0 Å². The van der Waals surface area contributed by atoms with Gasteiger partial charge >= 0.3 is 5.69 Å². The first-order valence-electron chi connectivity index (χ1n) is 7.45. The van der Waals surface area contributed by atoms with E-state index in [1.54, 1.807) is 12.3 Å². The summed E-state index contributed by atoms with van der Waals surface area (Å²) in [6, 6.07) is 3.72. The number of rotatable bonds is 5. The van der Waals surface area contributed by atoms with E-state index >= 15 is 0 Å². The standard InChI is InChI=1S/C17H17N5O2/c1-4-8-21-15-13(16(23)22(9-5-2)17(21)24)19-14(20-15)12-7-6-11(3)18-10-12/h4-7,10H,1-2,8-9H2,3H3,(H,19,20). The number of imidazole rings is 1. The fourth-order valence-corrected chi connectivity index (χ4v) is 2.49. The largest absolute Gasteiger partial charge is 0.333 e. The van der Waals surface area contributed by atoms with Crippen LogP contribution in [0.3, 0.4) is 0 Å². The molecular formula is C17H17N5O2. The normalized spacial score (nSPS) is 10.9. The van der Waals surface area contributed by atoms with Crippen LogP contribution in [-0.2, 0) is 13.1 Å². The van der Waals surface area contributed by atoms with Crippen molar-refractivity contribution in [2.45, 2.75) is 20.0 Å². The van der Waals surface area contributed by atoms with E-state index in [0.29, 0.717) is 11.5 Å². The summed E-state index contributed by atoms with van der Waals surface area (Å²) in [5, 5.41) is 0. The van der Waals surface area contributed by atoms with Crippen LogP contribution in [0.5, 0.6) is 0 Å². The molecule has 0 aromatic carbocycles. The quantitative estimate of drug-likeness (QED) is 0.723. The highest BCUT2D eigenvalue weighted by Crippen LogP contribution is 2.17. The van der Waals surface area contributed by atoms with E-state index in [4.69, 9.17) is 0 Å². The monoisotopic (exact) mass is 323 g/mol. The molecule has 0 aliphatic rings. The fraction of sp³-hybridized carbons (Fsp3) is 0.176. The Kier molecular flexibility index (Phi) is 3.99. The molecule has 0 saturated carbocycles. The number of hydrogen-bond donors (Lipinski definition) is 1. The van der Waals surface area contributed by atoms with Crippen molar-refractivity contribution in [3.05, 3.63) is 70.2 Å². The van der Waals surface area contributed by atoms with Crippen molar-refractivity contribution in [2.24, 2.45) is 0 Å². The van der Waals surface area contributed by atoms with Gasteiger partial charge in [0.05, 0.1) is 0 Å². The molecule has 3 rings (SSSR count). The minimum absolute atomic E-state index is 0.130. The van der Waals surface area contributed by atoms with Gasteiger partial charge in [-0.15, -0.1) is 13.2 Å². The highest BCUT2D eigenvalue weighted by atomic mass is 16.2. The van der Waals surface area contributed by atoms with Crippen molar-refractivity contribution in [1.82, 2.24) is 24.1 Å². The minimum atomic E-state index is -0.438. The number of nitrogens with one attached hydrogen (secondary N) is 1. The van der Waals surface area contributed by atoms with Crippen molar-refractivity contribution < 1.29 is 0 Å². The van der Waals surface area contributed by atoms with Gasteiger partial charge in [0.15, 0.2) is 5.65 Å². The molecule has 7 nitrogen and oxygen atoms in total. The average Bonchev–Trinajstić information content (AvgIpc) is 3.01. The predicted molar refractivity (Wildman–Crippen MR) is 93.0 cm³/mol. The van der Waals surface area contributed by atoms with Crippen LogP contribution in [0.2, 0.25) is 0 Å². The predicted octanol–water partition coefficient (Wildman–Crippen LogP) is 1.63. The van der Waals surface area contributed by atoms with Crippen molar-refractivity contribution in [1.29, 1.82) is 0 Å². The molecule has 24 heavy (non-hydrogen) atoms. The molecular weight excluding hydrogens is 306 g/mol. The third-order valence-corrected chi connectivity index (χ3v) is 3.67. The second kappa shape index (κ2) is 6.11. The summed E-state index contributed by atoms with van der Waals surface area (Å²) in [7, 11) is 0. The Balaban J connectivity index is 2.33. The molecule has 0 spiro atoms. The van der Waals surface area contributed by atoms with E-state index in [9.17, 15) is 9.59 Å². The molecule has 3 aromatic heterocycles. The number of pyridine rings is 1. The van der Waals surface area contributed by atoms with Gasteiger partial charge in [0.25, 0.3) is 5.56 Å². The molecule has 0 aliphatic heterocycles. The molecule has 3 heterocycles. The van der Waals surface area contributed by atoms with E-state index in [0.717, 1.165) is 15.8 Å². The lowest BCUT2D eigenvalue weighted by atomic mass is 10.2. The van der Waals surface area contributed by atoms with Gasteiger partial charge in [-0.1, -0.05) is 12.2 Å². The van der Waals surface area contributed by atoms with Gasteiger partial charge in [-0.2, -0.15) is 0 Å². The maximum absolute atomic E-state index is 12.6. The Morgan fingerprint density at radius 1 is 1.17 bits per heavy atom. The van der Waals surface area contributed by atoms with E-state index in [1.807, 2.05) is 19.1 Å². The summed E-state index contributed by atoms with van der Waals surface area (Å²) in [6.45, 7) is 9.52. The summed E-state index contributed by atoms with van der Waals surface area (Å²) < 4.78 is 2.53. The van der Waals surface area contributed by atoms with Gasteiger partial charge < -0.3 is 4.98 Å². The van der Waals surface area contributed by atoms with Crippen LogP contribution in [0.15, 0.2) is 53.2 Å². The zero-order valence-electron chi connectivity index (χ0n) is 13.3. The van der Waals surface area contributed by atoms with Crippen molar-refractivity contribution >= 4 is 11.2 Å². The number of allylic oxidation sites excluding steroid dienone is 2. The number of hydrogen-bond acceptors (Lipinski definition) is 4. The van der Waals surface area contributed by atoms with Gasteiger partial charge in [0.2, 0.25) is 0 Å². The van der Waals surface area contributed by atoms with E-state index in [-0.39, 0.29) is 18.6 Å². The molecule has 0 fully saturated rings. The Morgan fingerprint density at radius 2 is 1.88 bits per heavy atom. The highest BCUT2D eigenvalue weighted by Gasteiger charge is 2.16. The summed E-state index contributed by atoms with van der Waals surface area (Å²) in [4.78, 5) is 36.8. The van der Waals surface area contributed by atoms with Crippen molar-refractivity contribution in [3.8, 4) is 11.4 Å². The molecule has 122 valence electrons. The molecule has 0 atom stereocenters. The number of aromatic nitrogens is 5. The van der Waals surface area contributed by atoms with Gasteiger partial charge in [-0.05, 0) is 19.1 Å². The fourth-order valence-electron chi connectivity index (χ4n) is 2.49. The number of aromatic amines is 1. The van der Waals surface area contributed by atoms with E-state index in [1.165, 1.54) is 10.6 Å². The Morgan fingerprint density at radius 3 is 2.50 bits per heavy atom. The molecule has 0 saturated heterocycles. The van der Waals surface area contributed by atoms with Crippen LogP contribution in [0.1, 0.15) is 5.69 Å². The lowest BCUT2D eigenvalue weighted by Crippen LogP contribution is -2.39. The molecule has 1 N–H and O–H groups in total. The van der Waals surface area contributed by atoms with Gasteiger partial charge in [-0.25, -0.2) is 9.78 Å². The highest BCUT2D eigenvalue weighted by molar-refractivity contribution is 5.75. The Bertz CT molecular complexity index is 1040. The molecule has 0 radical (unpaired) electrons. The van der Waals surface area contributed by atoms with Crippen LogP contribution < -0.4 is 11.2 Å². The third-order valence-electron chi connectivity index (χ3n) is 3.67. The van der Waals surface area contributed by atoms with Crippen molar-refractivity contribution in [2.75, 3.05) is 0 Å². The van der Waals surface area contributed by atoms with Gasteiger partial charge in [-0.3, -0.25) is 18.9 Å². The molecule has 7 heteroatoms. The first-order chi connectivity index (χ1) is 11.6. The first kappa shape index (κ1) is 15.7. The zero-order valence-corrected chi connectivity index (χ0v) is 13.3. The van der Waals surface area contributed by atoms with E-state index < -0.39 is 11.2 Å². The number of nitrogens with zero attached hydrogens (tertiary/aromatic N) is 4. The second-order valence-corrected chi connectivity index (χ2v) is 5.36. The summed E-state index contributed by atoms with van der Waals surface area (Å²) in [6.07, 6.45) is 4.77. The number of aryl methyl sites for hydroxylation is 1. The Hall–Kier alpha value is -3.22. The van der Waals surface area contributed by atoms with Crippen LogP contribution in [0.25, 0.3) is 22.6 Å². The lowest BCUT2D eigenvalue weighted by Gasteiger charge is -2.07. The maximum Gasteiger partial charge on any atom is 0.333 e. The van der Waals surface area contributed by atoms with Gasteiger partial charge in [0, 0.05) is 30.5 Å². The van der Waals surface area contributed by atoms with Crippen LogP contribution >= 0.6 is 0 Å². The molecule has 0 aliphatic carbocycles. The second-order valence-electron chi connectivity index (χ2n) is 5.36. The molecule has 0 amide bonds. The summed E-state index contributed by atoms with van der Waals surface area (Å²) >= 11 is 0. The Labute approximate surface area is 137 Å². The SMILES string of the molecule is C=CCn1c(=O)c2[nH]c(-c3ccc(C)nc3)nc2n(CC=C)c1=O. The molecule has 0 bridgehead atoms. The lowest BCUT2D eigenvalue weighted by molar-refractivity contribution is 0.646. The summed E-state index contributed by atoms with van der Waals surface area (Å²) in [5.74, 6) is 0.489. The average molecular weight is 323 g/mol. The number of H-pyrrole nitrogens is 1. The smallest absolute Gasteiger partial charge is 0.332 e. The first-order valence-corrected chi connectivity index (χ1v) is 7.45. The van der Waals surface area contributed by atoms with Gasteiger partial charge in [0.1, 0.15) is 11.3 Å². The third kappa shape index (κ3) is 2.50. The zero-order chi connectivity index (χ0) is 17.3. The van der Waals surface area contributed by atoms with Crippen LogP contribution in [0, 0.1) is 6.92 Å². The topological polar surface area (TPSA) is 85.6 Å². The van der Waals surface area contributed by atoms with Crippen LogP contribution in [-0.4, -0.2) is 24.1 Å². The molecule has 3 aromatic rings. The summed E-state index contributed by atoms with van der Waals surface area (Å²) in [5.41, 5.74) is 1.34. The van der Waals surface area contributed by atoms with E-state index in [2.05, 4.69) is 28.1 Å². The van der Waals surface area contributed by atoms with Crippen molar-refractivity contribution in [3.63, 3.8) is 0 Å². The minimum Gasteiger partial charge on any atom is -0.332 e.